The minimum atomic E-state index is -0.789. The van der Waals surface area contributed by atoms with Gasteiger partial charge in [-0.3, -0.25) is 14.9 Å². The molecule has 2 amide bonds. The van der Waals surface area contributed by atoms with Crippen LogP contribution in [0.15, 0.2) is 66.7 Å². The predicted molar refractivity (Wildman–Crippen MR) is 138 cm³/mol. The van der Waals surface area contributed by atoms with Crippen LogP contribution in [-0.2, 0) is 24.9 Å². The second kappa shape index (κ2) is 9.58. The van der Waals surface area contributed by atoms with E-state index in [1.807, 2.05) is 78.3 Å². The van der Waals surface area contributed by atoms with E-state index in [2.05, 4.69) is 5.32 Å². The molecule has 0 saturated carbocycles. The first kappa shape index (κ1) is 23.7. The number of hydrogen-bond donors (Lipinski definition) is 1. The predicted octanol–water partition coefficient (Wildman–Crippen LogP) is 5.24. The molecule has 1 atom stereocenters. The van der Waals surface area contributed by atoms with Crippen LogP contribution >= 0.6 is 11.8 Å². The Balaban J connectivity index is 1.24. The fraction of sp³-hybridized carbons (Fsp3) is 0.222. The highest BCUT2D eigenvalue weighted by molar-refractivity contribution is 8.16. The van der Waals surface area contributed by atoms with Crippen molar-refractivity contribution in [2.45, 2.75) is 24.7 Å². The third-order valence-corrected chi connectivity index (χ3v) is 7.15. The number of aromatic nitrogens is 2. The minimum absolute atomic E-state index is 0.253. The maximum absolute atomic E-state index is 12.1. The third-order valence-electron chi connectivity index (χ3n) is 6.09. The van der Waals surface area contributed by atoms with Crippen molar-refractivity contribution in [1.82, 2.24) is 14.9 Å². The fourth-order valence-corrected chi connectivity index (χ4v) is 4.99. The summed E-state index contributed by atoms with van der Waals surface area (Å²) in [5, 5.41) is 2.05. The second-order valence-electron chi connectivity index (χ2n) is 8.70. The molecular formula is C27H25N3O5S. The highest BCUT2D eigenvalue weighted by Crippen LogP contribution is 2.35. The Morgan fingerprint density at radius 2 is 1.61 bits per heavy atom. The summed E-state index contributed by atoms with van der Waals surface area (Å²) >= 11 is 1.03. The summed E-state index contributed by atoms with van der Waals surface area (Å²) in [6.45, 7) is 2.07. The number of benzene rings is 3. The number of amides is 2. The molecule has 1 N–H and O–H groups in total. The first-order chi connectivity index (χ1) is 17.3. The van der Waals surface area contributed by atoms with Gasteiger partial charge in [0.25, 0.3) is 5.24 Å². The lowest BCUT2D eigenvalue weighted by Crippen LogP contribution is -2.35. The van der Waals surface area contributed by atoms with Gasteiger partial charge in [-0.05, 0) is 79.2 Å². The van der Waals surface area contributed by atoms with Crippen molar-refractivity contribution in [2.75, 3.05) is 7.11 Å². The number of ether oxygens (including phenoxy) is 3. The van der Waals surface area contributed by atoms with Gasteiger partial charge in [-0.2, -0.15) is 0 Å². The van der Waals surface area contributed by atoms with Gasteiger partial charge in [-0.15, -0.1) is 0 Å². The molecule has 1 aliphatic heterocycles. The van der Waals surface area contributed by atoms with E-state index in [0.29, 0.717) is 24.5 Å². The van der Waals surface area contributed by atoms with E-state index in [9.17, 15) is 9.59 Å². The van der Waals surface area contributed by atoms with Crippen LogP contribution in [0.4, 0.5) is 4.79 Å². The molecule has 2 heterocycles. The average molecular weight is 504 g/mol. The molecule has 0 radical (unpaired) electrons. The Kier molecular flexibility index (Phi) is 6.32. The average Bonchev–Trinajstić information content (AvgIpc) is 3.32. The molecule has 0 bridgehead atoms. The molecule has 184 valence electrons. The number of nitrogens with one attached hydrogen (secondary N) is 1. The van der Waals surface area contributed by atoms with Gasteiger partial charge >= 0.3 is 0 Å². The van der Waals surface area contributed by atoms with Crippen LogP contribution in [0.25, 0.3) is 11.0 Å². The Morgan fingerprint density at radius 1 is 0.944 bits per heavy atom. The van der Waals surface area contributed by atoms with Gasteiger partial charge in [0, 0.05) is 13.1 Å². The number of carbonyl (C=O) groups excluding carboxylic acids is 2. The summed E-state index contributed by atoms with van der Waals surface area (Å²) in [5.74, 6) is 3.42. The van der Waals surface area contributed by atoms with E-state index < -0.39 is 4.75 Å². The lowest BCUT2D eigenvalue weighted by molar-refractivity contribution is -0.121. The monoisotopic (exact) mass is 503 g/mol. The molecule has 9 heteroatoms. The van der Waals surface area contributed by atoms with E-state index in [1.165, 1.54) is 0 Å². The summed E-state index contributed by atoms with van der Waals surface area (Å²) in [7, 11) is 3.57. The largest absolute Gasteiger partial charge is 0.497 e. The second-order valence-corrected chi connectivity index (χ2v) is 10.2. The molecule has 1 aromatic heterocycles. The molecule has 4 aromatic rings. The highest BCUT2D eigenvalue weighted by Gasteiger charge is 2.43. The molecule has 8 nitrogen and oxygen atoms in total. The number of nitrogens with zero attached hydrogens (tertiary/aromatic N) is 2. The minimum Gasteiger partial charge on any atom is -0.497 e. The first-order valence-electron chi connectivity index (χ1n) is 11.4. The Hall–Kier alpha value is -3.98. The summed E-state index contributed by atoms with van der Waals surface area (Å²) in [4.78, 5) is 28.3. The number of imidazole rings is 1. The van der Waals surface area contributed by atoms with Crippen LogP contribution in [-0.4, -0.2) is 32.6 Å². The summed E-state index contributed by atoms with van der Waals surface area (Å²) in [6.07, 6.45) is 0.460. The molecule has 5 rings (SSSR count). The molecule has 1 saturated heterocycles. The number of thioether (sulfide) groups is 1. The van der Waals surface area contributed by atoms with E-state index >= 15 is 0 Å². The molecule has 3 aromatic carbocycles. The summed E-state index contributed by atoms with van der Waals surface area (Å²) in [5.41, 5.74) is 2.74. The zero-order valence-electron chi connectivity index (χ0n) is 20.1. The number of rotatable bonds is 8. The van der Waals surface area contributed by atoms with Gasteiger partial charge in [-0.25, -0.2) is 4.98 Å². The highest BCUT2D eigenvalue weighted by atomic mass is 32.2. The molecule has 0 aliphatic carbocycles. The quantitative estimate of drug-likeness (QED) is 0.352. The molecule has 0 spiro atoms. The number of carbonyl (C=O) groups is 2. The maximum atomic E-state index is 12.1. The zero-order chi connectivity index (χ0) is 25.3. The van der Waals surface area contributed by atoms with Crippen molar-refractivity contribution >= 4 is 33.9 Å². The van der Waals surface area contributed by atoms with Crippen molar-refractivity contribution in [3.05, 3.63) is 78.1 Å². The first-order valence-corrected chi connectivity index (χ1v) is 12.2. The smallest absolute Gasteiger partial charge is 0.286 e. The van der Waals surface area contributed by atoms with Crippen LogP contribution in [0, 0.1) is 0 Å². The number of imide groups is 1. The van der Waals surface area contributed by atoms with E-state index in [0.717, 1.165) is 45.7 Å². The normalized spacial score (nSPS) is 17.3. The Bertz CT molecular complexity index is 1430. The van der Waals surface area contributed by atoms with Crippen LogP contribution in [0.3, 0.4) is 0 Å². The van der Waals surface area contributed by atoms with Crippen LogP contribution < -0.4 is 19.5 Å². The van der Waals surface area contributed by atoms with Gasteiger partial charge in [0.2, 0.25) is 5.91 Å². The number of methoxy groups -OCH3 is 1. The molecular weight excluding hydrogens is 478 g/mol. The van der Waals surface area contributed by atoms with E-state index in [4.69, 9.17) is 19.2 Å². The number of fused-ring (bicyclic) bond motifs is 1. The molecule has 1 aliphatic rings. The van der Waals surface area contributed by atoms with Crippen molar-refractivity contribution in [2.24, 2.45) is 7.05 Å². The molecule has 36 heavy (non-hydrogen) atoms. The van der Waals surface area contributed by atoms with Gasteiger partial charge in [0.15, 0.2) is 0 Å². The topological polar surface area (TPSA) is 91.7 Å². The van der Waals surface area contributed by atoms with Gasteiger partial charge < -0.3 is 18.8 Å². The van der Waals surface area contributed by atoms with Crippen molar-refractivity contribution in [3.8, 4) is 23.0 Å². The molecule has 1 unspecified atom stereocenters. The van der Waals surface area contributed by atoms with Crippen molar-refractivity contribution < 1.29 is 23.8 Å². The van der Waals surface area contributed by atoms with Crippen LogP contribution in [0.1, 0.15) is 18.3 Å². The standard InChI is InChI=1S/C27H25N3O5S/c1-27(25(31)29-26(32)36-27)15-17-4-6-19(7-5-17)34-16-24-28-22-13-12-21(14-23(22)30(24)2)35-20-10-8-18(33-3)9-11-20/h4-14H,15-16H2,1-3H3,(H,29,31,32). The number of hydrogen-bond acceptors (Lipinski definition) is 7. The fourth-order valence-electron chi connectivity index (χ4n) is 4.05. The maximum Gasteiger partial charge on any atom is 0.286 e. The SMILES string of the molecule is COc1ccc(Oc2ccc3nc(COc4ccc(CC5(C)SC(=O)NC5=O)cc4)n(C)c3c2)cc1. The zero-order valence-corrected chi connectivity index (χ0v) is 20.9. The van der Waals surface area contributed by atoms with Gasteiger partial charge in [0.05, 0.1) is 18.1 Å². The summed E-state index contributed by atoms with van der Waals surface area (Å²) < 4.78 is 18.3. The van der Waals surface area contributed by atoms with Gasteiger partial charge in [-0.1, -0.05) is 12.1 Å². The van der Waals surface area contributed by atoms with E-state index in [-0.39, 0.29) is 11.1 Å². The van der Waals surface area contributed by atoms with Gasteiger partial charge in [0.1, 0.15) is 40.2 Å². The third kappa shape index (κ3) is 4.87. The lowest BCUT2D eigenvalue weighted by Gasteiger charge is -2.18. The van der Waals surface area contributed by atoms with Crippen LogP contribution in [0.5, 0.6) is 23.0 Å². The van der Waals surface area contributed by atoms with Crippen LogP contribution in [0.2, 0.25) is 0 Å². The Labute approximate surface area is 212 Å². The summed E-state index contributed by atoms with van der Waals surface area (Å²) in [6, 6.07) is 20.7. The van der Waals surface area contributed by atoms with Crippen molar-refractivity contribution in [3.63, 3.8) is 0 Å². The lowest BCUT2D eigenvalue weighted by atomic mass is 9.99. The molecule has 1 fully saturated rings. The Morgan fingerprint density at radius 3 is 2.28 bits per heavy atom. The number of aryl methyl sites for hydroxylation is 1. The van der Waals surface area contributed by atoms with E-state index in [1.54, 1.807) is 14.0 Å². The van der Waals surface area contributed by atoms with Crippen molar-refractivity contribution in [1.29, 1.82) is 0 Å².